The molecule has 138 valence electrons. The van der Waals surface area contributed by atoms with Gasteiger partial charge in [0.05, 0.1) is 17.9 Å². The van der Waals surface area contributed by atoms with Gasteiger partial charge < -0.3 is 9.64 Å². The average molecular weight is 378 g/mol. The van der Waals surface area contributed by atoms with Crippen LogP contribution in [-0.2, 0) is 10.5 Å². The lowest BCUT2D eigenvalue weighted by Gasteiger charge is -2.23. The summed E-state index contributed by atoms with van der Waals surface area (Å²) in [7, 11) is 1.94. The molecule has 5 heteroatoms. The molecule has 1 heterocycles. The fraction of sp³-hybridized carbons (Fsp3) is 0.182. The van der Waals surface area contributed by atoms with Gasteiger partial charge in [0.25, 0.3) is 0 Å². The number of ether oxygens (including phenoxy) is 1. The van der Waals surface area contributed by atoms with Crippen LogP contribution >= 0.6 is 11.8 Å². The second-order valence-electron chi connectivity index (χ2n) is 5.91. The Bertz CT molecular complexity index is 885. The first-order valence-electron chi connectivity index (χ1n) is 8.81. The SMILES string of the molecule is CCOC(=O)c1c(SCc2ccccc2)cccc1N(C)c1ccncc1. The van der Waals surface area contributed by atoms with Crippen molar-refractivity contribution >= 4 is 29.1 Å². The summed E-state index contributed by atoms with van der Waals surface area (Å²) in [4.78, 5) is 19.7. The van der Waals surface area contributed by atoms with Crippen molar-refractivity contribution < 1.29 is 9.53 Å². The van der Waals surface area contributed by atoms with E-state index in [0.29, 0.717) is 12.2 Å². The van der Waals surface area contributed by atoms with Crippen LogP contribution in [0.4, 0.5) is 11.4 Å². The van der Waals surface area contributed by atoms with E-state index in [1.54, 1.807) is 24.2 Å². The van der Waals surface area contributed by atoms with Gasteiger partial charge in [-0.15, -0.1) is 11.8 Å². The van der Waals surface area contributed by atoms with E-state index in [0.717, 1.165) is 22.0 Å². The number of thioether (sulfide) groups is 1. The zero-order valence-electron chi connectivity index (χ0n) is 15.5. The highest BCUT2D eigenvalue weighted by molar-refractivity contribution is 7.98. The van der Waals surface area contributed by atoms with Crippen molar-refractivity contribution in [1.82, 2.24) is 4.98 Å². The van der Waals surface area contributed by atoms with Gasteiger partial charge in [-0.3, -0.25) is 4.98 Å². The molecule has 2 aromatic carbocycles. The number of hydrogen-bond acceptors (Lipinski definition) is 5. The molecular formula is C22H22N2O2S. The summed E-state index contributed by atoms with van der Waals surface area (Å²) >= 11 is 1.64. The molecule has 0 aliphatic rings. The molecule has 0 amide bonds. The number of carbonyl (C=O) groups is 1. The molecule has 0 fully saturated rings. The second-order valence-corrected chi connectivity index (χ2v) is 6.93. The van der Waals surface area contributed by atoms with Crippen molar-refractivity contribution in [2.45, 2.75) is 17.6 Å². The Balaban J connectivity index is 1.96. The number of nitrogens with zero attached hydrogens (tertiary/aromatic N) is 2. The predicted molar refractivity (Wildman–Crippen MR) is 111 cm³/mol. The molecule has 0 spiro atoms. The van der Waals surface area contributed by atoms with Gasteiger partial charge in [0, 0.05) is 35.8 Å². The van der Waals surface area contributed by atoms with Crippen LogP contribution in [0.5, 0.6) is 0 Å². The Morgan fingerprint density at radius 3 is 2.48 bits per heavy atom. The van der Waals surface area contributed by atoms with Crippen LogP contribution in [0, 0.1) is 0 Å². The van der Waals surface area contributed by atoms with E-state index in [9.17, 15) is 4.79 Å². The Morgan fingerprint density at radius 2 is 1.78 bits per heavy atom. The molecule has 0 unspecified atom stereocenters. The lowest BCUT2D eigenvalue weighted by molar-refractivity contribution is 0.0523. The molecule has 0 saturated carbocycles. The highest BCUT2D eigenvalue weighted by atomic mass is 32.2. The topological polar surface area (TPSA) is 42.4 Å². The molecule has 0 aliphatic carbocycles. The van der Waals surface area contributed by atoms with Crippen molar-refractivity contribution in [3.05, 3.63) is 84.2 Å². The minimum absolute atomic E-state index is 0.301. The largest absolute Gasteiger partial charge is 0.462 e. The molecule has 0 aliphatic heterocycles. The van der Waals surface area contributed by atoms with E-state index in [2.05, 4.69) is 17.1 Å². The molecular weight excluding hydrogens is 356 g/mol. The van der Waals surface area contributed by atoms with Crippen molar-refractivity contribution in [2.75, 3.05) is 18.6 Å². The molecule has 0 bridgehead atoms. The fourth-order valence-corrected chi connectivity index (χ4v) is 3.79. The zero-order chi connectivity index (χ0) is 19.1. The number of esters is 1. The van der Waals surface area contributed by atoms with E-state index in [-0.39, 0.29) is 5.97 Å². The summed E-state index contributed by atoms with van der Waals surface area (Å²) in [6, 6.07) is 19.9. The van der Waals surface area contributed by atoms with Crippen molar-refractivity contribution in [3.63, 3.8) is 0 Å². The minimum atomic E-state index is -0.301. The van der Waals surface area contributed by atoms with E-state index in [1.165, 1.54) is 5.56 Å². The van der Waals surface area contributed by atoms with Crippen molar-refractivity contribution in [1.29, 1.82) is 0 Å². The standard InChI is InChI=1S/C22H22N2O2S/c1-3-26-22(25)21-19(24(2)18-12-14-23-15-13-18)10-7-11-20(21)27-16-17-8-5-4-6-9-17/h4-15H,3,16H2,1-2H3. The van der Waals surface area contributed by atoms with Gasteiger partial charge in [-0.05, 0) is 36.8 Å². The third-order valence-electron chi connectivity index (χ3n) is 4.13. The van der Waals surface area contributed by atoms with Crippen LogP contribution < -0.4 is 4.90 Å². The van der Waals surface area contributed by atoms with Gasteiger partial charge in [0.15, 0.2) is 0 Å². The normalized spacial score (nSPS) is 10.4. The first-order chi connectivity index (χ1) is 13.2. The van der Waals surface area contributed by atoms with Gasteiger partial charge in [0.2, 0.25) is 0 Å². The van der Waals surface area contributed by atoms with Crippen LogP contribution in [0.3, 0.4) is 0 Å². The quantitative estimate of drug-likeness (QED) is 0.411. The van der Waals surface area contributed by atoms with Crippen LogP contribution in [0.15, 0.2) is 78.0 Å². The maximum absolute atomic E-state index is 12.8. The van der Waals surface area contributed by atoms with E-state index < -0.39 is 0 Å². The molecule has 0 saturated heterocycles. The highest BCUT2D eigenvalue weighted by Crippen LogP contribution is 2.35. The Labute approximate surface area is 164 Å². The number of rotatable bonds is 7. The summed E-state index contributed by atoms with van der Waals surface area (Å²) < 4.78 is 5.36. The number of pyridine rings is 1. The number of hydrogen-bond donors (Lipinski definition) is 0. The van der Waals surface area contributed by atoms with Crippen molar-refractivity contribution in [3.8, 4) is 0 Å². The van der Waals surface area contributed by atoms with E-state index in [4.69, 9.17) is 4.74 Å². The third-order valence-corrected chi connectivity index (χ3v) is 5.26. The molecule has 27 heavy (non-hydrogen) atoms. The molecule has 3 aromatic rings. The van der Waals surface area contributed by atoms with Gasteiger partial charge in [-0.1, -0.05) is 36.4 Å². The maximum Gasteiger partial charge on any atom is 0.341 e. The van der Waals surface area contributed by atoms with E-state index in [1.807, 2.05) is 67.4 Å². The monoisotopic (exact) mass is 378 g/mol. The maximum atomic E-state index is 12.8. The fourth-order valence-electron chi connectivity index (χ4n) is 2.77. The van der Waals surface area contributed by atoms with Gasteiger partial charge in [-0.25, -0.2) is 4.79 Å². The molecule has 1 aromatic heterocycles. The molecule has 0 radical (unpaired) electrons. The van der Waals surface area contributed by atoms with Gasteiger partial charge in [0.1, 0.15) is 0 Å². The van der Waals surface area contributed by atoms with Crippen LogP contribution in [0.1, 0.15) is 22.8 Å². The molecule has 0 atom stereocenters. The average Bonchev–Trinajstić information content (AvgIpc) is 2.73. The number of benzene rings is 2. The summed E-state index contributed by atoms with van der Waals surface area (Å²) in [6.07, 6.45) is 3.48. The lowest BCUT2D eigenvalue weighted by atomic mass is 10.1. The molecule has 3 rings (SSSR count). The lowest BCUT2D eigenvalue weighted by Crippen LogP contribution is -2.16. The highest BCUT2D eigenvalue weighted by Gasteiger charge is 2.21. The Kier molecular flexibility index (Phi) is 6.49. The van der Waals surface area contributed by atoms with Gasteiger partial charge >= 0.3 is 5.97 Å². The first kappa shape index (κ1) is 19.0. The minimum Gasteiger partial charge on any atom is -0.462 e. The number of aromatic nitrogens is 1. The summed E-state index contributed by atoms with van der Waals surface area (Å²) in [6.45, 7) is 2.17. The Morgan fingerprint density at radius 1 is 1.04 bits per heavy atom. The summed E-state index contributed by atoms with van der Waals surface area (Å²) in [5.41, 5.74) is 3.59. The van der Waals surface area contributed by atoms with E-state index >= 15 is 0 Å². The molecule has 0 N–H and O–H groups in total. The summed E-state index contributed by atoms with van der Waals surface area (Å²) in [5.74, 6) is 0.486. The second kappa shape index (κ2) is 9.24. The van der Waals surface area contributed by atoms with Gasteiger partial charge in [-0.2, -0.15) is 0 Å². The number of carbonyl (C=O) groups excluding carboxylic acids is 1. The van der Waals surface area contributed by atoms with Crippen molar-refractivity contribution in [2.24, 2.45) is 0 Å². The first-order valence-corrected chi connectivity index (χ1v) is 9.80. The Hall–Kier alpha value is -2.79. The predicted octanol–water partition coefficient (Wildman–Crippen LogP) is 5.32. The number of anilines is 2. The smallest absolute Gasteiger partial charge is 0.341 e. The third kappa shape index (κ3) is 4.68. The van der Waals surface area contributed by atoms with Crippen LogP contribution in [-0.4, -0.2) is 24.6 Å². The zero-order valence-corrected chi connectivity index (χ0v) is 16.3. The van der Waals surface area contributed by atoms with Crippen LogP contribution in [0.25, 0.3) is 0 Å². The summed E-state index contributed by atoms with van der Waals surface area (Å²) in [5, 5.41) is 0. The van der Waals surface area contributed by atoms with Crippen LogP contribution in [0.2, 0.25) is 0 Å². The molecule has 4 nitrogen and oxygen atoms in total.